The van der Waals surface area contributed by atoms with E-state index in [0.717, 1.165) is 34.0 Å². The first-order valence-electron chi connectivity index (χ1n) is 9.76. The van der Waals surface area contributed by atoms with E-state index in [9.17, 15) is 0 Å². The van der Waals surface area contributed by atoms with Crippen LogP contribution >= 0.6 is 0 Å². The molecule has 0 aliphatic rings. The Labute approximate surface area is 172 Å². The SMILES string of the molecule is COc1ccc(-c2nnc(N(C(C)C)C(C)C)nc2-c2ccc(OC)cc2)cc1. The van der Waals surface area contributed by atoms with Crippen LogP contribution in [-0.2, 0) is 0 Å². The Bertz CT molecular complexity index is 930. The zero-order chi connectivity index (χ0) is 21.0. The minimum Gasteiger partial charge on any atom is -0.497 e. The summed E-state index contributed by atoms with van der Waals surface area (Å²) in [6.45, 7) is 8.53. The van der Waals surface area contributed by atoms with Gasteiger partial charge in [-0.3, -0.25) is 0 Å². The summed E-state index contributed by atoms with van der Waals surface area (Å²) in [6, 6.07) is 16.1. The molecule has 0 atom stereocenters. The number of ether oxygens (including phenoxy) is 2. The molecule has 29 heavy (non-hydrogen) atoms. The van der Waals surface area contributed by atoms with E-state index < -0.39 is 0 Å². The van der Waals surface area contributed by atoms with Gasteiger partial charge in [0.2, 0.25) is 5.95 Å². The van der Waals surface area contributed by atoms with Crippen molar-refractivity contribution in [3.05, 3.63) is 48.5 Å². The molecule has 152 valence electrons. The van der Waals surface area contributed by atoms with E-state index >= 15 is 0 Å². The minimum atomic E-state index is 0.257. The lowest BCUT2D eigenvalue weighted by Gasteiger charge is -2.30. The van der Waals surface area contributed by atoms with Crippen molar-refractivity contribution in [2.75, 3.05) is 19.1 Å². The molecule has 6 heteroatoms. The number of anilines is 1. The molecule has 0 saturated carbocycles. The van der Waals surface area contributed by atoms with E-state index in [1.165, 1.54) is 0 Å². The van der Waals surface area contributed by atoms with Gasteiger partial charge in [-0.1, -0.05) is 0 Å². The lowest BCUT2D eigenvalue weighted by Crippen LogP contribution is -2.38. The van der Waals surface area contributed by atoms with Gasteiger partial charge < -0.3 is 14.4 Å². The van der Waals surface area contributed by atoms with E-state index in [-0.39, 0.29) is 12.1 Å². The van der Waals surface area contributed by atoms with E-state index in [1.54, 1.807) is 14.2 Å². The summed E-state index contributed by atoms with van der Waals surface area (Å²) < 4.78 is 10.6. The van der Waals surface area contributed by atoms with Crippen molar-refractivity contribution >= 4 is 5.95 Å². The molecule has 0 aliphatic heterocycles. The average Bonchev–Trinajstić information content (AvgIpc) is 2.73. The van der Waals surface area contributed by atoms with Crippen molar-refractivity contribution in [1.29, 1.82) is 0 Å². The minimum absolute atomic E-state index is 0.257. The van der Waals surface area contributed by atoms with Crippen LogP contribution in [0.1, 0.15) is 27.7 Å². The molecule has 6 nitrogen and oxygen atoms in total. The third-order valence-corrected chi connectivity index (χ3v) is 4.75. The van der Waals surface area contributed by atoms with Crippen LogP contribution in [0.2, 0.25) is 0 Å². The molecule has 1 heterocycles. The van der Waals surface area contributed by atoms with E-state index in [2.05, 4.69) is 42.8 Å². The summed E-state index contributed by atoms with van der Waals surface area (Å²) in [5, 5.41) is 9.05. The van der Waals surface area contributed by atoms with Crippen LogP contribution in [-0.4, -0.2) is 41.5 Å². The van der Waals surface area contributed by atoms with Gasteiger partial charge in [0, 0.05) is 23.2 Å². The number of rotatable bonds is 7. The molecule has 0 radical (unpaired) electrons. The molecular weight excluding hydrogens is 364 g/mol. The predicted molar refractivity (Wildman–Crippen MR) is 117 cm³/mol. The molecule has 3 rings (SSSR count). The van der Waals surface area contributed by atoms with Crippen molar-refractivity contribution in [3.8, 4) is 34.0 Å². The fourth-order valence-electron chi connectivity index (χ4n) is 3.38. The maximum Gasteiger partial charge on any atom is 0.246 e. The van der Waals surface area contributed by atoms with Gasteiger partial charge in [-0.2, -0.15) is 0 Å². The summed E-state index contributed by atoms with van der Waals surface area (Å²) in [5.41, 5.74) is 3.41. The summed E-state index contributed by atoms with van der Waals surface area (Å²) in [7, 11) is 3.31. The molecule has 0 unspecified atom stereocenters. The number of benzene rings is 2. The summed E-state index contributed by atoms with van der Waals surface area (Å²) in [5.74, 6) is 2.22. The van der Waals surface area contributed by atoms with Gasteiger partial charge in [-0.05, 0) is 76.2 Å². The highest BCUT2D eigenvalue weighted by atomic mass is 16.5. The molecule has 1 aromatic heterocycles. The van der Waals surface area contributed by atoms with Crippen molar-refractivity contribution in [1.82, 2.24) is 15.2 Å². The average molecular weight is 393 g/mol. The number of nitrogens with zero attached hydrogens (tertiary/aromatic N) is 4. The molecule has 0 bridgehead atoms. The molecule has 0 aliphatic carbocycles. The van der Waals surface area contributed by atoms with Gasteiger partial charge >= 0.3 is 0 Å². The van der Waals surface area contributed by atoms with Crippen molar-refractivity contribution in [2.24, 2.45) is 0 Å². The lowest BCUT2D eigenvalue weighted by atomic mass is 10.0. The quantitative estimate of drug-likeness (QED) is 0.573. The Morgan fingerprint density at radius 3 is 1.52 bits per heavy atom. The second kappa shape index (κ2) is 8.90. The van der Waals surface area contributed by atoms with Gasteiger partial charge in [-0.25, -0.2) is 4.98 Å². The van der Waals surface area contributed by atoms with Crippen LogP contribution in [0.4, 0.5) is 5.95 Å². The fraction of sp³-hybridized carbons (Fsp3) is 0.348. The highest BCUT2D eigenvalue weighted by molar-refractivity contribution is 5.78. The van der Waals surface area contributed by atoms with Crippen LogP contribution in [0.25, 0.3) is 22.5 Å². The molecule has 0 fully saturated rings. The monoisotopic (exact) mass is 392 g/mol. The number of hydrogen-bond acceptors (Lipinski definition) is 6. The summed E-state index contributed by atoms with van der Waals surface area (Å²) >= 11 is 0. The van der Waals surface area contributed by atoms with Crippen LogP contribution in [0.3, 0.4) is 0 Å². The highest BCUT2D eigenvalue weighted by Crippen LogP contribution is 2.32. The Balaban J connectivity index is 2.16. The Morgan fingerprint density at radius 1 is 0.655 bits per heavy atom. The second-order valence-corrected chi connectivity index (χ2v) is 7.36. The first kappa shape index (κ1) is 20.6. The molecule has 3 aromatic rings. The molecule has 2 aromatic carbocycles. The van der Waals surface area contributed by atoms with Crippen molar-refractivity contribution in [3.63, 3.8) is 0 Å². The first-order chi connectivity index (χ1) is 13.9. The standard InChI is InChI=1S/C23H28N4O2/c1-15(2)27(16(3)4)23-24-21(17-7-11-19(28-5)12-8-17)22(25-26-23)18-9-13-20(29-6)14-10-18/h7-16H,1-6H3. The number of aromatic nitrogens is 3. The van der Waals surface area contributed by atoms with E-state index in [1.807, 2.05) is 48.5 Å². The Morgan fingerprint density at radius 2 is 1.10 bits per heavy atom. The number of methoxy groups -OCH3 is 2. The smallest absolute Gasteiger partial charge is 0.246 e. The van der Waals surface area contributed by atoms with E-state index in [4.69, 9.17) is 14.5 Å². The molecule has 0 spiro atoms. The van der Waals surface area contributed by atoms with Crippen LogP contribution in [0, 0.1) is 0 Å². The maximum atomic E-state index is 5.30. The maximum absolute atomic E-state index is 5.30. The first-order valence-corrected chi connectivity index (χ1v) is 9.76. The Hall–Kier alpha value is -3.15. The lowest BCUT2D eigenvalue weighted by molar-refractivity contribution is 0.414. The van der Waals surface area contributed by atoms with Gasteiger partial charge in [0.15, 0.2) is 0 Å². The largest absolute Gasteiger partial charge is 0.497 e. The van der Waals surface area contributed by atoms with Crippen molar-refractivity contribution in [2.45, 2.75) is 39.8 Å². The summed E-state index contributed by atoms with van der Waals surface area (Å²) in [4.78, 5) is 7.11. The van der Waals surface area contributed by atoms with E-state index in [0.29, 0.717) is 5.95 Å². The van der Waals surface area contributed by atoms with Gasteiger partial charge in [0.1, 0.15) is 22.9 Å². The van der Waals surface area contributed by atoms with Crippen LogP contribution < -0.4 is 14.4 Å². The number of hydrogen-bond donors (Lipinski definition) is 0. The van der Waals surface area contributed by atoms with Crippen LogP contribution in [0.15, 0.2) is 48.5 Å². The normalized spacial score (nSPS) is 11.0. The molecule has 0 saturated heterocycles. The zero-order valence-corrected chi connectivity index (χ0v) is 17.9. The third kappa shape index (κ3) is 4.47. The third-order valence-electron chi connectivity index (χ3n) is 4.75. The van der Waals surface area contributed by atoms with Crippen molar-refractivity contribution < 1.29 is 9.47 Å². The summed E-state index contributed by atoms with van der Waals surface area (Å²) in [6.07, 6.45) is 0. The Kier molecular flexibility index (Phi) is 6.32. The fourth-order valence-corrected chi connectivity index (χ4v) is 3.38. The highest BCUT2D eigenvalue weighted by Gasteiger charge is 2.21. The molecule has 0 N–H and O–H groups in total. The topological polar surface area (TPSA) is 60.4 Å². The second-order valence-electron chi connectivity index (χ2n) is 7.36. The van der Waals surface area contributed by atoms with Gasteiger partial charge in [-0.15, -0.1) is 10.2 Å². The molecule has 0 amide bonds. The predicted octanol–water partition coefficient (Wildman–Crippen LogP) is 4.85. The zero-order valence-electron chi connectivity index (χ0n) is 17.9. The molecular formula is C23H28N4O2. The van der Waals surface area contributed by atoms with Crippen LogP contribution in [0.5, 0.6) is 11.5 Å². The van der Waals surface area contributed by atoms with Gasteiger partial charge in [0.05, 0.1) is 14.2 Å². The van der Waals surface area contributed by atoms with Gasteiger partial charge in [0.25, 0.3) is 0 Å².